The van der Waals surface area contributed by atoms with Crippen LogP contribution in [-0.2, 0) is 0 Å². The summed E-state index contributed by atoms with van der Waals surface area (Å²) < 4.78 is 10.8. The molecule has 1 atom stereocenters. The first-order chi connectivity index (χ1) is 10.2. The van der Waals surface area contributed by atoms with Crippen molar-refractivity contribution in [3.05, 3.63) is 59.7 Å². The molecule has 0 bridgehead atoms. The lowest BCUT2D eigenvalue weighted by molar-refractivity contribution is 0.193. The average Bonchev–Trinajstić information content (AvgIpc) is 2.52. The molecule has 0 fully saturated rings. The van der Waals surface area contributed by atoms with Crippen LogP contribution in [-0.4, -0.2) is 18.8 Å². The molecule has 2 rings (SSSR count). The van der Waals surface area contributed by atoms with Gasteiger partial charge in [0.1, 0.15) is 18.1 Å². The van der Waals surface area contributed by atoms with Crippen molar-refractivity contribution < 1.29 is 14.6 Å². The third-order valence-corrected chi connectivity index (χ3v) is 2.98. The van der Waals surface area contributed by atoms with Gasteiger partial charge in [0.05, 0.1) is 13.2 Å². The molecule has 1 N–H and O–H groups in total. The summed E-state index contributed by atoms with van der Waals surface area (Å²) in [6.07, 6.45) is -0.604. The predicted molar refractivity (Wildman–Crippen MR) is 82.4 cm³/mol. The van der Waals surface area contributed by atoms with E-state index in [0.29, 0.717) is 11.5 Å². The fraction of sp³-hybridized carbons (Fsp3) is 0.222. The Morgan fingerprint density at radius 3 is 2.57 bits per heavy atom. The maximum Gasteiger partial charge on any atom is 0.149 e. The number of hydrogen-bond donors (Lipinski definition) is 1. The Hall–Kier alpha value is -2.44. The standard InChI is InChI=1S/C18H18O3/c1-14(19)17-11-10-16(20-2)13-18(17)21-12-6-9-15-7-4-3-5-8-15/h3-5,7-8,10-11,13-14,19H,12H2,1-2H3. The minimum absolute atomic E-state index is 0.252. The lowest BCUT2D eigenvalue weighted by atomic mass is 10.1. The topological polar surface area (TPSA) is 38.7 Å². The molecule has 3 heteroatoms. The van der Waals surface area contributed by atoms with Gasteiger partial charge in [-0.05, 0) is 31.2 Å². The number of ether oxygens (including phenoxy) is 2. The maximum atomic E-state index is 9.75. The first kappa shape index (κ1) is 15.0. The van der Waals surface area contributed by atoms with E-state index in [1.54, 1.807) is 32.2 Å². The molecule has 0 aliphatic rings. The summed E-state index contributed by atoms with van der Waals surface area (Å²) in [4.78, 5) is 0. The van der Waals surface area contributed by atoms with Gasteiger partial charge in [-0.2, -0.15) is 0 Å². The Labute approximate surface area is 125 Å². The van der Waals surface area contributed by atoms with Gasteiger partial charge in [0, 0.05) is 17.2 Å². The summed E-state index contributed by atoms with van der Waals surface area (Å²) in [7, 11) is 1.59. The van der Waals surface area contributed by atoms with E-state index >= 15 is 0 Å². The second-order valence-corrected chi connectivity index (χ2v) is 4.54. The van der Waals surface area contributed by atoms with Gasteiger partial charge in [-0.1, -0.05) is 30.0 Å². The van der Waals surface area contributed by atoms with Gasteiger partial charge in [-0.3, -0.25) is 0 Å². The Balaban J connectivity index is 2.07. The first-order valence-corrected chi connectivity index (χ1v) is 6.73. The van der Waals surface area contributed by atoms with E-state index in [1.807, 2.05) is 30.3 Å². The van der Waals surface area contributed by atoms with Gasteiger partial charge < -0.3 is 14.6 Å². The van der Waals surface area contributed by atoms with Crippen molar-refractivity contribution in [1.29, 1.82) is 0 Å². The molecule has 108 valence electrons. The molecule has 0 aliphatic heterocycles. The number of aliphatic hydroxyl groups is 1. The van der Waals surface area contributed by atoms with Crippen LogP contribution >= 0.6 is 0 Å². The normalized spacial score (nSPS) is 11.2. The molecule has 0 heterocycles. The zero-order valence-electron chi connectivity index (χ0n) is 12.2. The van der Waals surface area contributed by atoms with Gasteiger partial charge in [0.15, 0.2) is 0 Å². The van der Waals surface area contributed by atoms with E-state index in [0.717, 1.165) is 11.1 Å². The molecule has 0 saturated heterocycles. The third-order valence-electron chi connectivity index (χ3n) is 2.98. The van der Waals surface area contributed by atoms with E-state index in [4.69, 9.17) is 9.47 Å². The highest BCUT2D eigenvalue weighted by Gasteiger charge is 2.10. The number of methoxy groups -OCH3 is 1. The summed E-state index contributed by atoms with van der Waals surface area (Å²) in [6, 6.07) is 15.1. The first-order valence-electron chi connectivity index (χ1n) is 6.73. The monoisotopic (exact) mass is 282 g/mol. The number of rotatable bonds is 4. The van der Waals surface area contributed by atoms with Crippen molar-refractivity contribution in [2.75, 3.05) is 13.7 Å². The van der Waals surface area contributed by atoms with Gasteiger partial charge >= 0.3 is 0 Å². The molecule has 0 radical (unpaired) electrons. The van der Waals surface area contributed by atoms with E-state index < -0.39 is 6.10 Å². The van der Waals surface area contributed by atoms with Gasteiger partial charge in [-0.15, -0.1) is 0 Å². The van der Waals surface area contributed by atoms with Crippen LogP contribution < -0.4 is 9.47 Å². The van der Waals surface area contributed by atoms with Crippen LogP contribution in [0.25, 0.3) is 0 Å². The largest absolute Gasteiger partial charge is 0.497 e. The SMILES string of the molecule is COc1ccc(C(C)O)c(OCC#Cc2ccccc2)c1. The lowest BCUT2D eigenvalue weighted by Crippen LogP contribution is -2.01. The van der Waals surface area contributed by atoms with Gasteiger partial charge in [0.2, 0.25) is 0 Å². The summed E-state index contributed by atoms with van der Waals surface area (Å²) in [6.45, 7) is 1.95. The second kappa shape index (κ2) is 7.37. The lowest BCUT2D eigenvalue weighted by Gasteiger charge is -2.13. The molecule has 0 amide bonds. The van der Waals surface area contributed by atoms with Crippen LogP contribution in [0.1, 0.15) is 24.2 Å². The van der Waals surface area contributed by atoms with Crippen molar-refractivity contribution in [3.63, 3.8) is 0 Å². The molecule has 0 aromatic heterocycles. The van der Waals surface area contributed by atoms with Crippen LogP contribution in [0.4, 0.5) is 0 Å². The molecule has 1 unspecified atom stereocenters. The third kappa shape index (κ3) is 4.27. The predicted octanol–water partition coefficient (Wildman–Crippen LogP) is 3.18. The quantitative estimate of drug-likeness (QED) is 0.875. The average molecular weight is 282 g/mol. The summed E-state index contributed by atoms with van der Waals surface area (Å²) in [5.74, 6) is 7.26. The van der Waals surface area contributed by atoms with E-state index in [-0.39, 0.29) is 6.61 Å². The number of hydrogen-bond acceptors (Lipinski definition) is 3. The van der Waals surface area contributed by atoms with Crippen LogP contribution in [0.3, 0.4) is 0 Å². The van der Waals surface area contributed by atoms with Crippen molar-refractivity contribution in [2.24, 2.45) is 0 Å². The highest BCUT2D eigenvalue weighted by molar-refractivity contribution is 5.42. The van der Waals surface area contributed by atoms with Gasteiger partial charge in [0.25, 0.3) is 0 Å². The van der Waals surface area contributed by atoms with Crippen LogP contribution in [0.15, 0.2) is 48.5 Å². The zero-order chi connectivity index (χ0) is 15.1. The minimum Gasteiger partial charge on any atom is -0.497 e. The Morgan fingerprint density at radius 1 is 1.14 bits per heavy atom. The van der Waals surface area contributed by atoms with E-state index in [9.17, 15) is 5.11 Å². The van der Waals surface area contributed by atoms with E-state index in [2.05, 4.69) is 11.8 Å². The minimum atomic E-state index is -0.604. The Kier molecular flexibility index (Phi) is 5.25. The molecule has 0 aliphatic carbocycles. The van der Waals surface area contributed by atoms with Crippen molar-refractivity contribution in [1.82, 2.24) is 0 Å². The molecule has 2 aromatic carbocycles. The number of benzene rings is 2. The van der Waals surface area contributed by atoms with Crippen LogP contribution in [0, 0.1) is 11.8 Å². The zero-order valence-corrected chi connectivity index (χ0v) is 12.2. The fourth-order valence-electron chi connectivity index (χ4n) is 1.89. The molecule has 0 saturated carbocycles. The molecule has 21 heavy (non-hydrogen) atoms. The highest BCUT2D eigenvalue weighted by Crippen LogP contribution is 2.29. The number of aliphatic hydroxyl groups excluding tert-OH is 1. The molecule has 3 nitrogen and oxygen atoms in total. The summed E-state index contributed by atoms with van der Waals surface area (Å²) in [5, 5.41) is 9.75. The van der Waals surface area contributed by atoms with Crippen molar-refractivity contribution in [3.8, 4) is 23.3 Å². The van der Waals surface area contributed by atoms with Crippen LogP contribution in [0.5, 0.6) is 11.5 Å². The Bertz CT molecular complexity index is 637. The maximum absolute atomic E-state index is 9.75. The highest BCUT2D eigenvalue weighted by atomic mass is 16.5. The molecular formula is C18H18O3. The molecular weight excluding hydrogens is 264 g/mol. The van der Waals surface area contributed by atoms with Crippen LogP contribution in [0.2, 0.25) is 0 Å². The van der Waals surface area contributed by atoms with Crippen molar-refractivity contribution >= 4 is 0 Å². The van der Waals surface area contributed by atoms with Gasteiger partial charge in [-0.25, -0.2) is 0 Å². The smallest absolute Gasteiger partial charge is 0.149 e. The van der Waals surface area contributed by atoms with E-state index in [1.165, 1.54) is 0 Å². The Morgan fingerprint density at radius 2 is 1.90 bits per heavy atom. The molecule has 2 aromatic rings. The molecule has 0 spiro atoms. The second-order valence-electron chi connectivity index (χ2n) is 4.54. The van der Waals surface area contributed by atoms with Crippen molar-refractivity contribution in [2.45, 2.75) is 13.0 Å². The summed E-state index contributed by atoms with van der Waals surface area (Å²) >= 11 is 0. The fourth-order valence-corrected chi connectivity index (χ4v) is 1.89. The summed E-state index contributed by atoms with van der Waals surface area (Å²) in [5.41, 5.74) is 1.67.